The van der Waals surface area contributed by atoms with Gasteiger partial charge in [-0.2, -0.15) is 0 Å². The Kier molecular flexibility index (Phi) is 5.53. The Bertz CT molecular complexity index is 682. The maximum atomic E-state index is 11.8. The summed E-state index contributed by atoms with van der Waals surface area (Å²) in [6, 6.07) is 2.70. The second-order valence-electron chi connectivity index (χ2n) is 3.86. The normalized spacial score (nSPS) is 12.2. The zero-order chi connectivity index (χ0) is 15.4. The van der Waals surface area contributed by atoms with Crippen LogP contribution in [0.15, 0.2) is 23.2 Å². The van der Waals surface area contributed by atoms with Gasteiger partial charge in [-0.25, -0.2) is 26.7 Å². The Labute approximate surface area is 122 Å². The van der Waals surface area contributed by atoms with Crippen molar-refractivity contribution in [2.24, 2.45) is 10.9 Å². The van der Waals surface area contributed by atoms with Gasteiger partial charge in [0.2, 0.25) is 20.0 Å². The predicted octanol–water partition coefficient (Wildman–Crippen LogP) is -1.33. The number of hydrogen-bond acceptors (Lipinski definition) is 6. The van der Waals surface area contributed by atoms with Gasteiger partial charge < -0.3 is 5.73 Å². The van der Waals surface area contributed by atoms with Crippen molar-refractivity contribution in [3.63, 3.8) is 0 Å². The molecule has 0 unspecified atom stereocenters. The number of rotatable bonds is 7. The average molecular weight is 338 g/mol. The van der Waals surface area contributed by atoms with Crippen molar-refractivity contribution in [3.8, 4) is 0 Å². The van der Waals surface area contributed by atoms with Crippen molar-refractivity contribution in [2.75, 3.05) is 12.3 Å². The van der Waals surface area contributed by atoms with E-state index in [1.165, 1.54) is 12.1 Å². The summed E-state index contributed by atoms with van der Waals surface area (Å²) in [5.41, 5.74) is 5.66. The molecule has 1 aromatic rings. The fourth-order valence-electron chi connectivity index (χ4n) is 1.25. The van der Waals surface area contributed by atoms with Crippen LogP contribution >= 0.6 is 12.2 Å². The van der Waals surface area contributed by atoms with Gasteiger partial charge in [0.1, 0.15) is 9.88 Å². The quantitative estimate of drug-likeness (QED) is 0.412. The second kappa shape index (κ2) is 6.54. The second-order valence-corrected chi connectivity index (χ2v) is 7.80. The van der Waals surface area contributed by atoms with Crippen LogP contribution in [0, 0.1) is 0 Å². The van der Waals surface area contributed by atoms with Crippen LogP contribution in [0.5, 0.6) is 0 Å². The summed E-state index contributed by atoms with van der Waals surface area (Å²) < 4.78 is 47.3. The third-order valence-electron chi connectivity index (χ3n) is 2.20. The molecule has 11 heteroatoms. The number of primary sulfonamides is 1. The lowest BCUT2D eigenvalue weighted by Gasteiger charge is -2.06. The number of sulfonamides is 2. The molecular weight excluding hydrogens is 324 g/mol. The van der Waals surface area contributed by atoms with Gasteiger partial charge in [-0.3, -0.25) is 4.98 Å². The molecule has 0 saturated carbocycles. The van der Waals surface area contributed by atoms with Gasteiger partial charge in [0, 0.05) is 12.7 Å². The highest BCUT2D eigenvalue weighted by molar-refractivity contribution is 7.89. The molecule has 20 heavy (non-hydrogen) atoms. The minimum Gasteiger partial charge on any atom is -0.388 e. The Morgan fingerprint density at radius 3 is 2.40 bits per heavy atom. The fourth-order valence-corrected chi connectivity index (χ4v) is 2.93. The van der Waals surface area contributed by atoms with Crippen LogP contribution in [0.3, 0.4) is 0 Å². The third kappa shape index (κ3) is 5.46. The van der Waals surface area contributed by atoms with Crippen LogP contribution in [-0.2, 0) is 20.0 Å². The molecule has 0 amide bonds. The SMILES string of the molecule is NC(=S)c1ccc(S(=O)(=O)NCCCS(N)(=O)=O)cn1. The van der Waals surface area contributed by atoms with Crippen LogP contribution in [0.4, 0.5) is 0 Å². The molecule has 1 rings (SSSR count). The summed E-state index contributed by atoms with van der Waals surface area (Å²) in [6.07, 6.45) is 1.20. The van der Waals surface area contributed by atoms with E-state index in [0.717, 1.165) is 6.20 Å². The molecule has 0 aliphatic carbocycles. The smallest absolute Gasteiger partial charge is 0.242 e. The molecule has 0 aliphatic rings. The maximum absolute atomic E-state index is 11.8. The van der Waals surface area contributed by atoms with Crippen molar-refractivity contribution >= 4 is 37.3 Å². The highest BCUT2D eigenvalue weighted by Crippen LogP contribution is 2.07. The molecule has 0 aromatic carbocycles. The first-order valence-corrected chi connectivity index (χ1v) is 8.98. The Morgan fingerprint density at radius 2 is 1.95 bits per heavy atom. The van der Waals surface area contributed by atoms with Crippen molar-refractivity contribution < 1.29 is 16.8 Å². The lowest BCUT2D eigenvalue weighted by atomic mass is 10.3. The summed E-state index contributed by atoms with van der Waals surface area (Å²) in [7, 11) is -7.35. The Balaban J connectivity index is 2.67. The van der Waals surface area contributed by atoms with Crippen LogP contribution in [-0.4, -0.2) is 39.1 Å². The van der Waals surface area contributed by atoms with Crippen LogP contribution in [0.2, 0.25) is 0 Å². The Hall–Kier alpha value is -1.14. The molecule has 0 radical (unpaired) electrons. The zero-order valence-electron chi connectivity index (χ0n) is 10.3. The van der Waals surface area contributed by atoms with E-state index in [4.69, 9.17) is 23.1 Å². The van der Waals surface area contributed by atoms with E-state index in [-0.39, 0.29) is 28.6 Å². The first-order chi connectivity index (χ1) is 9.12. The van der Waals surface area contributed by atoms with Crippen LogP contribution in [0.1, 0.15) is 12.1 Å². The molecule has 8 nitrogen and oxygen atoms in total. The molecule has 0 spiro atoms. The van der Waals surface area contributed by atoms with Crippen LogP contribution < -0.4 is 15.6 Å². The summed E-state index contributed by atoms with van der Waals surface area (Å²) >= 11 is 4.70. The molecule has 1 heterocycles. The zero-order valence-corrected chi connectivity index (χ0v) is 12.8. The molecule has 0 atom stereocenters. The average Bonchev–Trinajstić information content (AvgIpc) is 2.34. The summed E-state index contributed by atoms with van der Waals surface area (Å²) in [6.45, 7) is -0.0458. The number of nitrogens with two attached hydrogens (primary N) is 2. The number of thiocarbonyl (C=S) groups is 1. The molecule has 0 saturated heterocycles. The number of nitrogens with one attached hydrogen (secondary N) is 1. The van der Waals surface area contributed by atoms with E-state index in [1.54, 1.807) is 0 Å². The van der Waals surface area contributed by atoms with Gasteiger partial charge in [0.15, 0.2) is 0 Å². The van der Waals surface area contributed by atoms with Gasteiger partial charge in [-0.15, -0.1) is 0 Å². The minimum absolute atomic E-state index is 0.0458. The third-order valence-corrected chi connectivity index (χ3v) is 4.71. The van der Waals surface area contributed by atoms with Crippen molar-refractivity contribution in [1.29, 1.82) is 0 Å². The lowest BCUT2D eigenvalue weighted by Crippen LogP contribution is -2.27. The van der Waals surface area contributed by atoms with Crippen LogP contribution in [0.25, 0.3) is 0 Å². The topological polar surface area (TPSA) is 145 Å². The number of pyridine rings is 1. The molecule has 0 bridgehead atoms. The number of hydrogen-bond donors (Lipinski definition) is 3. The highest BCUT2D eigenvalue weighted by atomic mass is 32.2. The molecular formula is C9H14N4O4S3. The van der Waals surface area contributed by atoms with E-state index in [0.29, 0.717) is 5.69 Å². The van der Waals surface area contributed by atoms with E-state index >= 15 is 0 Å². The van der Waals surface area contributed by atoms with E-state index in [9.17, 15) is 16.8 Å². The van der Waals surface area contributed by atoms with Crippen molar-refractivity contribution in [2.45, 2.75) is 11.3 Å². The largest absolute Gasteiger partial charge is 0.388 e. The first-order valence-electron chi connectivity index (χ1n) is 5.38. The molecule has 0 fully saturated rings. The highest BCUT2D eigenvalue weighted by Gasteiger charge is 2.14. The molecule has 0 aliphatic heterocycles. The first kappa shape index (κ1) is 16.9. The van der Waals surface area contributed by atoms with Gasteiger partial charge in [-0.1, -0.05) is 12.2 Å². The van der Waals surface area contributed by atoms with Gasteiger partial charge in [0.05, 0.1) is 11.4 Å². The van der Waals surface area contributed by atoms with Gasteiger partial charge in [0.25, 0.3) is 0 Å². The van der Waals surface area contributed by atoms with Crippen molar-refractivity contribution in [1.82, 2.24) is 9.71 Å². The lowest BCUT2D eigenvalue weighted by molar-refractivity contribution is 0.576. The summed E-state index contributed by atoms with van der Waals surface area (Å²) in [4.78, 5) is 3.81. The molecule has 1 aromatic heterocycles. The Morgan fingerprint density at radius 1 is 1.30 bits per heavy atom. The predicted molar refractivity (Wildman–Crippen MR) is 77.9 cm³/mol. The fraction of sp³-hybridized carbons (Fsp3) is 0.333. The summed E-state index contributed by atoms with van der Waals surface area (Å²) in [5, 5.41) is 4.80. The van der Waals surface area contributed by atoms with Gasteiger partial charge >= 0.3 is 0 Å². The number of aromatic nitrogens is 1. The van der Waals surface area contributed by atoms with E-state index < -0.39 is 20.0 Å². The van der Waals surface area contributed by atoms with E-state index in [1.807, 2.05) is 0 Å². The maximum Gasteiger partial charge on any atom is 0.242 e. The molecule has 112 valence electrons. The summed E-state index contributed by atoms with van der Waals surface area (Å²) in [5.74, 6) is -0.297. The molecule has 5 N–H and O–H groups in total. The van der Waals surface area contributed by atoms with Crippen molar-refractivity contribution in [3.05, 3.63) is 24.0 Å². The standard InChI is InChI=1S/C9H14N4O4S3/c10-9(18)8-3-2-7(6-12-8)20(16,17)13-4-1-5-19(11,14)15/h2-3,6,13H,1,4-5H2,(H2,10,18)(H2,11,14,15). The number of nitrogens with zero attached hydrogens (tertiary/aromatic N) is 1. The van der Waals surface area contributed by atoms with Gasteiger partial charge in [-0.05, 0) is 18.6 Å². The monoisotopic (exact) mass is 338 g/mol. The van der Waals surface area contributed by atoms with E-state index in [2.05, 4.69) is 9.71 Å². The minimum atomic E-state index is -3.75.